The number of aromatic nitrogens is 1. The first-order valence-electron chi connectivity index (χ1n) is 7.15. The number of carbonyl (C=O) groups excluding carboxylic acids is 2. The number of nitrogens with two attached hydrogens (primary N) is 1. The molecule has 2 amide bonds. The lowest BCUT2D eigenvalue weighted by Crippen LogP contribution is -2.50. The van der Waals surface area contributed by atoms with Crippen LogP contribution < -0.4 is 5.73 Å². The molecule has 0 unspecified atom stereocenters. The van der Waals surface area contributed by atoms with Gasteiger partial charge in [-0.2, -0.15) is 0 Å². The van der Waals surface area contributed by atoms with E-state index in [1.807, 2.05) is 16.7 Å². The first-order valence-corrected chi connectivity index (χ1v) is 7.97. The fourth-order valence-corrected chi connectivity index (χ4v) is 3.37. The third-order valence-corrected chi connectivity index (χ3v) is 4.99. The number of piperazine rings is 1. The molecule has 21 heavy (non-hydrogen) atoms. The van der Waals surface area contributed by atoms with Crippen molar-refractivity contribution in [1.82, 2.24) is 14.8 Å². The minimum absolute atomic E-state index is 0.0515. The molecule has 1 fully saturated rings. The van der Waals surface area contributed by atoms with Crippen molar-refractivity contribution in [3.8, 4) is 0 Å². The van der Waals surface area contributed by atoms with Crippen molar-refractivity contribution < 1.29 is 9.59 Å². The molecule has 2 rings (SSSR count). The molecular weight excluding hydrogens is 288 g/mol. The van der Waals surface area contributed by atoms with Gasteiger partial charge in [-0.05, 0) is 6.92 Å². The topological polar surface area (TPSA) is 79.5 Å². The summed E-state index contributed by atoms with van der Waals surface area (Å²) in [5.41, 5.74) is 6.01. The molecule has 1 saturated heterocycles. The van der Waals surface area contributed by atoms with Crippen LogP contribution in [0.15, 0.2) is 0 Å². The van der Waals surface area contributed by atoms with E-state index in [0.717, 1.165) is 15.6 Å². The predicted octanol–water partition coefficient (Wildman–Crippen LogP) is 0.818. The number of hydrogen-bond donors (Lipinski definition) is 1. The zero-order valence-corrected chi connectivity index (χ0v) is 13.6. The van der Waals surface area contributed by atoms with Crippen LogP contribution in [0.1, 0.15) is 40.1 Å². The van der Waals surface area contributed by atoms with Crippen molar-refractivity contribution in [2.75, 3.05) is 32.7 Å². The van der Waals surface area contributed by atoms with Crippen molar-refractivity contribution >= 4 is 23.2 Å². The summed E-state index contributed by atoms with van der Waals surface area (Å²) in [4.78, 5) is 32.5. The Kier molecular flexibility index (Phi) is 4.95. The number of nitrogens with zero attached hydrogens (tertiary/aromatic N) is 3. The zero-order chi connectivity index (χ0) is 15.6. The Balaban J connectivity index is 2.00. The lowest BCUT2D eigenvalue weighted by molar-refractivity contribution is -0.119. The lowest BCUT2D eigenvalue weighted by Gasteiger charge is -2.33. The second kappa shape index (κ2) is 6.53. The molecule has 0 atom stereocenters. The minimum atomic E-state index is -0.324. The maximum atomic E-state index is 12.6. The van der Waals surface area contributed by atoms with E-state index in [2.05, 4.69) is 18.8 Å². The van der Waals surface area contributed by atoms with Crippen LogP contribution >= 0.6 is 11.3 Å². The largest absolute Gasteiger partial charge is 0.369 e. The SMILES string of the molecule is Cc1nc(C(C)C)sc1C(=O)N1CCN(CC(N)=O)CC1. The number of amides is 2. The second-order valence-corrected chi connectivity index (χ2v) is 6.69. The molecule has 1 aromatic heterocycles. The van der Waals surface area contributed by atoms with Gasteiger partial charge in [-0.1, -0.05) is 13.8 Å². The van der Waals surface area contributed by atoms with Crippen LogP contribution in [0.5, 0.6) is 0 Å². The first kappa shape index (κ1) is 15.9. The number of primary amides is 1. The third-order valence-electron chi connectivity index (χ3n) is 3.54. The molecule has 1 aromatic rings. The van der Waals surface area contributed by atoms with E-state index >= 15 is 0 Å². The lowest BCUT2D eigenvalue weighted by atomic mass is 10.2. The van der Waals surface area contributed by atoms with E-state index in [1.165, 1.54) is 11.3 Å². The summed E-state index contributed by atoms with van der Waals surface area (Å²) in [5, 5.41) is 1.00. The Labute approximate surface area is 128 Å². The van der Waals surface area contributed by atoms with Gasteiger partial charge in [0.05, 0.1) is 17.2 Å². The predicted molar refractivity (Wildman–Crippen MR) is 82.5 cm³/mol. The summed E-state index contributed by atoms with van der Waals surface area (Å²) >= 11 is 1.49. The quantitative estimate of drug-likeness (QED) is 0.893. The second-order valence-electron chi connectivity index (χ2n) is 5.66. The number of carbonyl (C=O) groups is 2. The van der Waals surface area contributed by atoms with Gasteiger partial charge in [0, 0.05) is 32.1 Å². The molecule has 0 saturated carbocycles. The minimum Gasteiger partial charge on any atom is -0.369 e. The molecule has 2 N–H and O–H groups in total. The molecule has 7 heteroatoms. The van der Waals surface area contributed by atoms with Crippen molar-refractivity contribution in [2.24, 2.45) is 5.73 Å². The van der Waals surface area contributed by atoms with E-state index in [0.29, 0.717) is 32.1 Å². The van der Waals surface area contributed by atoms with E-state index in [9.17, 15) is 9.59 Å². The number of thiazole rings is 1. The molecule has 0 aromatic carbocycles. The third kappa shape index (κ3) is 3.79. The van der Waals surface area contributed by atoms with Gasteiger partial charge in [0.15, 0.2) is 0 Å². The van der Waals surface area contributed by atoms with Crippen molar-refractivity contribution in [3.05, 3.63) is 15.6 Å². The molecule has 0 radical (unpaired) electrons. The zero-order valence-electron chi connectivity index (χ0n) is 12.8. The van der Waals surface area contributed by atoms with Crippen LogP contribution in [0.25, 0.3) is 0 Å². The Bertz CT molecular complexity index is 533. The summed E-state index contributed by atoms with van der Waals surface area (Å²) < 4.78 is 0. The van der Waals surface area contributed by atoms with Gasteiger partial charge in [-0.25, -0.2) is 4.98 Å². The number of rotatable bonds is 4. The van der Waals surface area contributed by atoms with Gasteiger partial charge in [-0.15, -0.1) is 11.3 Å². The molecule has 1 aliphatic rings. The Hall–Kier alpha value is -1.47. The average molecular weight is 310 g/mol. The van der Waals surface area contributed by atoms with E-state index in [-0.39, 0.29) is 18.4 Å². The highest BCUT2D eigenvalue weighted by Crippen LogP contribution is 2.26. The van der Waals surface area contributed by atoms with Crippen LogP contribution in [-0.4, -0.2) is 59.3 Å². The van der Waals surface area contributed by atoms with Crippen molar-refractivity contribution in [1.29, 1.82) is 0 Å². The summed E-state index contributed by atoms with van der Waals surface area (Å²) in [6.45, 7) is 8.93. The normalized spacial score (nSPS) is 16.5. The molecular formula is C14H22N4O2S. The smallest absolute Gasteiger partial charge is 0.265 e. The molecule has 6 nitrogen and oxygen atoms in total. The van der Waals surface area contributed by atoms with E-state index in [4.69, 9.17) is 5.73 Å². The molecule has 2 heterocycles. The van der Waals surface area contributed by atoms with Gasteiger partial charge in [0.2, 0.25) is 5.91 Å². The van der Waals surface area contributed by atoms with Crippen LogP contribution in [-0.2, 0) is 4.79 Å². The molecule has 1 aliphatic heterocycles. The van der Waals surface area contributed by atoms with Crippen LogP contribution in [0.4, 0.5) is 0 Å². The summed E-state index contributed by atoms with van der Waals surface area (Å²) in [5.74, 6) is 0.0629. The molecule has 0 spiro atoms. The summed E-state index contributed by atoms with van der Waals surface area (Å²) in [6, 6.07) is 0. The number of hydrogen-bond acceptors (Lipinski definition) is 5. The van der Waals surface area contributed by atoms with E-state index in [1.54, 1.807) is 0 Å². The highest BCUT2D eigenvalue weighted by molar-refractivity contribution is 7.13. The molecule has 0 bridgehead atoms. The fourth-order valence-electron chi connectivity index (χ4n) is 2.34. The number of aryl methyl sites for hydroxylation is 1. The van der Waals surface area contributed by atoms with Gasteiger partial charge in [0.1, 0.15) is 4.88 Å². The van der Waals surface area contributed by atoms with Crippen molar-refractivity contribution in [3.63, 3.8) is 0 Å². The monoisotopic (exact) mass is 310 g/mol. The Morgan fingerprint density at radius 2 is 1.90 bits per heavy atom. The Morgan fingerprint density at radius 3 is 2.38 bits per heavy atom. The summed E-state index contributed by atoms with van der Waals surface area (Å²) in [7, 11) is 0. The van der Waals surface area contributed by atoms with Crippen molar-refractivity contribution in [2.45, 2.75) is 26.7 Å². The van der Waals surface area contributed by atoms with Crippen LogP contribution in [0.2, 0.25) is 0 Å². The van der Waals surface area contributed by atoms with Gasteiger partial charge in [-0.3, -0.25) is 14.5 Å². The van der Waals surface area contributed by atoms with Crippen LogP contribution in [0, 0.1) is 6.92 Å². The Morgan fingerprint density at radius 1 is 1.29 bits per heavy atom. The average Bonchev–Trinajstić information content (AvgIpc) is 2.80. The van der Waals surface area contributed by atoms with Crippen LogP contribution in [0.3, 0.4) is 0 Å². The van der Waals surface area contributed by atoms with Gasteiger partial charge < -0.3 is 10.6 Å². The van der Waals surface area contributed by atoms with E-state index < -0.39 is 0 Å². The highest BCUT2D eigenvalue weighted by Gasteiger charge is 2.26. The van der Waals surface area contributed by atoms with Gasteiger partial charge >= 0.3 is 0 Å². The first-order chi connectivity index (χ1) is 9.88. The highest BCUT2D eigenvalue weighted by atomic mass is 32.1. The molecule has 0 aliphatic carbocycles. The van der Waals surface area contributed by atoms with Gasteiger partial charge in [0.25, 0.3) is 5.91 Å². The molecule has 116 valence electrons. The fraction of sp³-hybridized carbons (Fsp3) is 0.643. The maximum Gasteiger partial charge on any atom is 0.265 e. The standard InChI is InChI=1S/C14H22N4O2S/c1-9(2)13-16-10(3)12(21-13)14(20)18-6-4-17(5-7-18)8-11(15)19/h9H,4-8H2,1-3H3,(H2,15,19). The summed E-state index contributed by atoms with van der Waals surface area (Å²) in [6.07, 6.45) is 0. The maximum absolute atomic E-state index is 12.6.